The Balaban J connectivity index is 2.01. The Morgan fingerprint density at radius 2 is 2.04 bits per heavy atom. The van der Waals surface area contributed by atoms with Crippen LogP contribution >= 0.6 is 0 Å². The number of hydrogen-bond donors (Lipinski definition) is 2. The molecule has 0 bridgehead atoms. The monoisotopic (exact) mass is 391 g/mol. The fraction of sp³-hybridized carbons (Fsp3) is 0.450. The van der Waals surface area contributed by atoms with Gasteiger partial charge in [-0.2, -0.15) is 5.10 Å². The van der Waals surface area contributed by atoms with E-state index in [9.17, 15) is 23.5 Å². The van der Waals surface area contributed by atoms with Crippen molar-refractivity contribution in [2.24, 2.45) is 5.92 Å². The second kappa shape index (κ2) is 7.33. The molecular formula is C20H23F2N3O3. The van der Waals surface area contributed by atoms with E-state index in [-0.39, 0.29) is 23.7 Å². The summed E-state index contributed by atoms with van der Waals surface area (Å²) in [6, 6.07) is 3.82. The second-order valence-electron chi connectivity index (χ2n) is 7.71. The van der Waals surface area contributed by atoms with Crippen LogP contribution in [-0.4, -0.2) is 32.3 Å². The minimum Gasteiger partial charge on any atom is -0.481 e. The minimum atomic E-state index is -1.02. The van der Waals surface area contributed by atoms with Gasteiger partial charge in [0, 0.05) is 11.3 Å². The van der Waals surface area contributed by atoms with E-state index >= 15 is 0 Å². The summed E-state index contributed by atoms with van der Waals surface area (Å²) in [6.07, 6.45) is 1.74. The van der Waals surface area contributed by atoms with Gasteiger partial charge in [-0.05, 0) is 44.2 Å². The molecule has 3 rings (SSSR count). The van der Waals surface area contributed by atoms with E-state index in [0.717, 1.165) is 12.5 Å². The molecule has 1 aromatic carbocycles. The average molecular weight is 391 g/mol. The Morgan fingerprint density at radius 3 is 2.68 bits per heavy atom. The SMILES string of the molecule is CC(C)C(C)(CC(=O)O)NC(=O)c1nn(-c2cccc(F)c2F)c2c1CCC2. The molecule has 28 heavy (non-hydrogen) atoms. The van der Waals surface area contributed by atoms with Crippen LogP contribution in [0.1, 0.15) is 55.4 Å². The third-order valence-corrected chi connectivity index (χ3v) is 5.50. The summed E-state index contributed by atoms with van der Waals surface area (Å²) in [4.78, 5) is 24.2. The predicted molar refractivity (Wildman–Crippen MR) is 98.5 cm³/mol. The van der Waals surface area contributed by atoms with Gasteiger partial charge in [0.2, 0.25) is 0 Å². The lowest BCUT2D eigenvalue weighted by molar-refractivity contribution is -0.138. The van der Waals surface area contributed by atoms with E-state index < -0.39 is 29.0 Å². The summed E-state index contributed by atoms with van der Waals surface area (Å²) in [7, 11) is 0. The normalized spacial score (nSPS) is 15.4. The van der Waals surface area contributed by atoms with E-state index in [1.165, 1.54) is 16.8 Å². The summed E-state index contributed by atoms with van der Waals surface area (Å²) in [5, 5.41) is 16.3. The molecule has 0 saturated heterocycles. The van der Waals surface area contributed by atoms with Crippen molar-refractivity contribution in [1.82, 2.24) is 15.1 Å². The van der Waals surface area contributed by atoms with Gasteiger partial charge >= 0.3 is 5.97 Å². The lowest BCUT2D eigenvalue weighted by Gasteiger charge is -2.33. The molecule has 0 fully saturated rings. The third kappa shape index (κ3) is 3.50. The highest BCUT2D eigenvalue weighted by molar-refractivity contribution is 5.95. The van der Waals surface area contributed by atoms with E-state index in [4.69, 9.17) is 0 Å². The van der Waals surface area contributed by atoms with Crippen LogP contribution in [0.5, 0.6) is 0 Å². The molecule has 6 nitrogen and oxygen atoms in total. The molecule has 1 aromatic heterocycles. The zero-order valence-electron chi connectivity index (χ0n) is 16.1. The Labute approximate surface area is 161 Å². The van der Waals surface area contributed by atoms with Crippen molar-refractivity contribution < 1.29 is 23.5 Å². The highest BCUT2D eigenvalue weighted by Crippen LogP contribution is 2.30. The number of carbonyl (C=O) groups is 2. The molecular weight excluding hydrogens is 368 g/mol. The molecule has 0 aliphatic heterocycles. The summed E-state index contributed by atoms with van der Waals surface area (Å²) in [6.45, 7) is 5.33. The summed E-state index contributed by atoms with van der Waals surface area (Å²) in [5.41, 5.74) is 0.493. The lowest BCUT2D eigenvalue weighted by Crippen LogP contribution is -2.51. The molecule has 8 heteroatoms. The minimum absolute atomic E-state index is 0.0469. The standard InChI is InChI=1S/C20H23F2N3O3/c1-11(2)20(3,10-16(26)27)23-19(28)18-12-6-4-8-14(12)25(24-18)15-9-5-7-13(21)17(15)22/h5,7,9,11H,4,6,8,10H2,1-3H3,(H,23,28)(H,26,27). The molecule has 1 heterocycles. The number of aromatic nitrogens is 2. The van der Waals surface area contributed by atoms with Gasteiger partial charge in [0.1, 0.15) is 5.69 Å². The zero-order valence-corrected chi connectivity index (χ0v) is 16.1. The van der Waals surface area contributed by atoms with E-state index in [0.29, 0.717) is 24.1 Å². The van der Waals surface area contributed by atoms with Crippen molar-refractivity contribution in [2.45, 2.75) is 52.0 Å². The number of nitrogens with zero attached hydrogens (tertiary/aromatic N) is 2. The van der Waals surface area contributed by atoms with Crippen molar-refractivity contribution in [3.8, 4) is 5.69 Å². The molecule has 1 aliphatic rings. The van der Waals surface area contributed by atoms with Gasteiger partial charge in [0.15, 0.2) is 17.3 Å². The maximum absolute atomic E-state index is 14.3. The van der Waals surface area contributed by atoms with E-state index in [1.807, 2.05) is 13.8 Å². The van der Waals surface area contributed by atoms with Crippen LogP contribution in [0.25, 0.3) is 5.69 Å². The van der Waals surface area contributed by atoms with Crippen molar-refractivity contribution in [2.75, 3.05) is 0 Å². The first-order valence-electron chi connectivity index (χ1n) is 9.23. The number of fused-ring (bicyclic) bond motifs is 1. The number of benzene rings is 1. The van der Waals surface area contributed by atoms with Crippen LogP contribution in [0.15, 0.2) is 18.2 Å². The summed E-state index contributed by atoms with van der Waals surface area (Å²) in [5.74, 6) is -3.67. The number of amides is 1. The van der Waals surface area contributed by atoms with Crippen LogP contribution in [0, 0.1) is 17.6 Å². The lowest BCUT2D eigenvalue weighted by atomic mass is 9.85. The molecule has 1 unspecified atom stereocenters. The number of carboxylic acids is 1. The number of carboxylic acid groups (broad SMARTS) is 1. The molecule has 1 aliphatic carbocycles. The first-order valence-corrected chi connectivity index (χ1v) is 9.23. The molecule has 1 atom stereocenters. The Morgan fingerprint density at radius 1 is 1.32 bits per heavy atom. The van der Waals surface area contributed by atoms with Gasteiger partial charge < -0.3 is 10.4 Å². The molecule has 2 aromatic rings. The predicted octanol–water partition coefficient (Wildman–Crippen LogP) is 3.26. The van der Waals surface area contributed by atoms with Crippen LogP contribution in [0.4, 0.5) is 8.78 Å². The zero-order chi connectivity index (χ0) is 20.6. The van der Waals surface area contributed by atoms with Gasteiger partial charge in [-0.15, -0.1) is 0 Å². The smallest absolute Gasteiger partial charge is 0.305 e. The fourth-order valence-corrected chi connectivity index (χ4v) is 3.50. The number of nitrogens with one attached hydrogen (secondary N) is 1. The van der Waals surface area contributed by atoms with Crippen molar-refractivity contribution in [3.05, 3.63) is 46.8 Å². The molecule has 0 radical (unpaired) electrons. The molecule has 2 N–H and O–H groups in total. The van der Waals surface area contributed by atoms with Crippen LogP contribution < -0.4 is 5.32 Å². The molecule has 0 spiro atoms. The fourth-order valence-electron chi connectivity index (χ4n) is 3.50. The van der Waals surface area contributed by atoms with Crippen LogP contribution in [0.2, 0.25) is 0 Å². The number of aliphatic carboxylic acids is 1. The Hall–Kier alpha value is -2.77. The van der Waals surface area contributed by atoms with Gasteiger partial charge in [0.25, 0.3) is 5.91 Å². The summed E-state index contributed by atoms with van der Waals surface area (Å²) >= 11 is 0. The van der Waals surface area contributed by atoms with Gasteiger partial charge in [-0.25, -0.2) is 13.5 Å². The molecule has 0 saturated carbocycles. The van der Waals surface area contributed by atoms with Gasteiger partial charge in [-0.1, -0.05) is 19.9 Å². The van der Waals surface area contributed by atoms with Crippen LogP contribution in [0.3, 0.4) is 0 Å². The number of hydrogen-bond acceptors (Lipinski definition) is 3. The van der Waals surface area contributed by atoms with Gasteiger partial charge in [0.05, 0.1) is 12.0 Å². The third-order valence-electron chi connectivity index (χ3n) is 5.50. The van der Waals surface area contributed by atoms with Crippen molar-refractivity contribution in [1.29, 1.82) is 0 Å². The Kier molecular flexibility index (Phi) is 5.23. The van der Waals surface area contributed by atoms with Crippen molar-refractivity contribution in [3.63, 3.8) is 0 Å². The van der Waals surface area contributed by atoms with E-state index in [1.54, 1.807) is 6.92 Å². The first-order chi connectivity index (χ1) is 13.1. The van der Waals surface area contributed by atoms with Crippen molar-refractivity contribution >= 4 is 11.9 Å². The maximum atomic E-state index is 14.3. The molecule has 150 valence electrons. The highest BCUT2D eigenvalue weighted by atomic mass is 19.2. The quantitative estimate of drug-likeness (QED) is 0.792. The average Bonchev–Trinajstić information content (AvgIpc) is 3.19. The van der Waals surface area contributed by atoms with Gasteiger partial charge in [-0.3, -0.25) is 9.59 Å². The largest absolute Gasteiger partial charge is 0.481 e. The van der Waals surface area contributed by atoms with Crippen LogP contribution in [-0.2, 0) is 17.6 Å². The maximum Gasteiger partial charge on any atom is 0.305 e. The Bertz CT molecular complexity index is 939. The number of rotatable bonds is 6. The van der Waals surface area contributed by atoms with E-state index in [2.05, 4.69) is 10.4 Å². The number of carbonyl (C=O) groups excluding carboxylic acids is 1. The highest BCUT2D eigenvalue weighted by Gasteiger charge is 2.36. The first kappa shape index (κ1) is 20.0. The topological polar surface area (TPSA) is 84.2 Å². The number of halogens is 2. The molecule has 1 amide bonds. The summed E-state index contributed by atoms with van der Waals surface area (Å²) < 4.78 is 29.2. The second-order valence-corrected chi connectivity index (χ2v) is 7.71.